The van der Waals surface area contributed by atoms with Crippen molar-refractivity contribution >= 4 is 35.2 Å². The summed E-state index contributed by atoms with van der Waals surface area (Å²) < 4.78 is 10.8. The van der Waals surface area contributed by atoms with E-state index >= 15 is 0 Å². The summed E-state index contributed by atoms with van der Waals surface area (Å²) in [6.45, 7) is 1.62. The Balaban J connectivity index is 1.64. The molecule has 0 saturated carbocycles. The lowest BCUT2D eigenvalue weighted by Crippen LogP contribution is -2.10. The molecule has 30 heavy (non-hydrogen) atoms. The van der Waals surface area contributed by atoms with E-state index in [0.29, 0.717) is 22.2 Å². The molecule has 0 aliphatic carbocycles. The maximum atomic E-state index is 12.4. The fourth-order valence-corrected chi connectivity index (χ4v) is 2.86. The van der Waals surface area contributed by atoms with Crippen LogP contribution in [0.15, 0.2) is 78.9 Å². The van der Waals surface area contributed by atoms with E-state index in [4.69, 9.17) is 21.1 Å². The van der Waals surface area contributed by atoms with E-state index in [-0.39, 0.29) is 12.5 Å². The van der Waals surface area contributed by atoms with Gasteiger partial charge in [-0.3, -0.25) is 9.59 Å². The third-order valence-corrected chi connectivity index (χ3v) is 4.25. The zero-order valence-corrected chi connectivity index (χ0v) is 17.1. The lowest BCUT2D eigenvalue weighted by atomic mass is 10.1. The van der Waals surface area contributed by atoms with Crippen LogP contribution in [0.4, 0.5) is 5.69 Å². The number of ether oxygens (including phenoxy) is 2. The number of nitrogens with one attached hydrogen (secondary N) is 1. The number of benzene rings is 3. The van der Waals surface area contributed by atoms with E-state index in [2.05, 4.69) is 5.32 Å². The van der Waals surface area contributed by atoms with Crippen molar-refractivity contribution in [1.82, 2.24) is 0 Å². The van der Waals surface area contributed by atoms with Gasteiger partial charge in [0.15, 0.2) is 0 Å². The zero-order valence-electron chi connectivity index (χ0n) is 16.3. The molecule has 0 fully saturated rings. The molecule has 0 heterocycles. The first kappa shape index (κ1) is 21.1. The summed E-state index contributed by atoms with van der Waals surface area (Å²) in [5.74, 6) is 0.387. The Bertz CT molecular complexity index is 1080. The molecule has 5 nitrogen and oxygen atoms in total. The first-order chi connectivity index (χ1) is 14.5. The highest BCUT2D eigenvalue weighted by molar-refractivity contribution is 6.30. The molecule has 0 aliphatic heterocycles. The number of para-hydroxylation sites is 1. The predicted molar refractivity (Wildman–Crippen MR) is 118 cm³/mol. The first-order valence-electron chi connectivity index (χ1n) is 9.23. The van der Waals surface area contributed by atoms with Crippen LogP contribution in [0.2, 0.25) is 5.02 Å². The van der Waals surface area contributed by atoms with Crippen molar-refractivity contribution in [2.24, 2.45) is 0 Å². The summed E-state index contributed by atoms with van der Waals surface area (Å²) in [5, 5.41) is 3.45. The van der Waals surface area contributed by atoms with E-state index in [1.165, 1.54) is 13.0 Å². The van der Waals surface area contributed by atoms with Gasteiger partial charge in [-0.25, -0.2) is 0 Å². The van der Waals surface area contributed by atoms with E-state index < -0.39 is 5.97 Å². The Hall–Kier alpha value is -3.57. The lowest BCUT2D eigenvalue weighted by Gasteiger charge is -2.11. The Labute approximate surface area is 179 Å². The van der Waals surface area contributed by atoms with Gasteiger partial charge in [0.05, 0.1) is 0 Å². The van der Waals surface area contributed by atoms with Crippen molar-refractivity contribution in [1.29, 1.82) is 0 Å². The molecule has 152 valence electrons. The van der Waals surface area contributed by atoms with Gasteiger partial charge in [0.1, 0.15) is 18.1 Å². The fraction of sp³-hybridized carbons (Fsp3) is 0.0833. The van der Waals surface area contributed by atoms with Crippen LogP contribution in [0.25, 0.3) is 6.08 Å². The molecule has 0 aliphatic rings. The molecule has 0 aromatic heterocycles. The standard InChI is InChI=1S/C24H20ClNO4/c1-17(27)30-22-10-4-6-18(14-22)12-13-24(28)26-23-11-3-2-7-19(23)16-29-21-9-5-8-20(25)15-21/h2-15H,16H2,1H3,(H,26,28)/b13-12+. The highest BCUT2D eigenvalue weighted by atomic mass is 35.5. The second-order valence-electron chi connectivity index (χ2n) is 6.39. The molecule has 3 rings (SSSR count). The van der Waals surface area contributed by atoms with Crippen molar-refractivity contribution in [3.05, 3.63) is 95.0 Å². The molecule has 0 atom stereocenters. The van der Waals surface area contributed by atoms with Gasteiger partial charge in [0.25, 0.3) is 0 Å². The molecule has 6 heteroatoms. The minimum Gasteiger partial charge on any atom is -0.489 e. The summed E-state index contributed by atoms with van der Waals surface area (Å²) >= 11 is 5.98. The molecule has 1 amide bonds. The van der Waals surface area contributed by atoms with Crippen LogP contribution < -0.4 is 14.8 Å². The smallest absolute Gasteiger partial charge is 0.308 e. The van der Waals surface area contributed by atoms with Crippen molar-refractivity contribution < 1.29 is 19.1 Å². The Morgan fingerprint density at radius 3 is 2.53 bits per heavy atom. The summed E-state index contributed by atoms with van der Waals surface area (Å²) in [7, 11) is 0. The minimum atomic E-state index is -0.398. The highest BCUT2D eigenvalue weighted by Gasteiger charge is 2.06. The molecule has 0 bridgehead atoms. The normalized spacial score (nSPS) is 10.6. The quantitative estimate of drug-likeness (QED) is 0.311. The van der Waals surface area contributed by atoms with Crippen LogP contribution >= 0.6 is 11.6 Å². The first-order valence-corrected chi connectivity index (χ1v) is 9.61. The second-order valence-corrected chi connectivity index (χ2v) is 6.83. The summed E-state index contributed by atoms with van der Waals surface area (Å²) in [4.78, 5) is 23.4. The monoisotopic (exact) mass is 421 g/mol. The third kappa shape index (κ3) is 6.50. The number of carbonyl (C=O) groups is 2. The number of hydrogen-bond acceptors (Lipinski definition) is 4. The number of esters is 1. The van der Waals surface area contributed by atoms with E-state index in [1.807, 2.05) is 42.5 Å². The average molecular weight is 422 g/mol. The largest absolute Gasteiger partial charge is 0.489 e. The molecule has 0 spiro atoms. The SMILES string of the molecule is CC(=O)Oc1cccc(/C=C/C(=O)Nc2ccccc2COc2cccc(Cl)c2)c1. The summed E-state index contributed by atoms with van der Waals surface area (Å²) in [6, 6.07) is 21.5. The van der Waals surface area contributed by atoms with Crippen LogP contribution in [0.1, 0.15) is 18.1 Å². The zero-order chi connectivity index (χ0) is 21.3. The van der Waals surface area contributed by atoms with Crippen LogP contribution in [0, 0.1) is 0 Å². The van der Waals surface area contributed by atoms with E-state index in [0.717, 1.165) is 11.1 Å². The van der Waals surface area contributed by atoms with Crippen molar-refractivity contribution in [2.45, 2.75) is 13.5 Å². The molecular formula is C24H20ClNO4. The Kier molecular flexibility index (Phi) is 7.24. The van der Waals surface area contributed by atoms with Gasteiger partial charge < -0.3 is 14.8 Å². The highest BCUT2D eigenvalue weighted by Crippen LogP contribution is 2.21. The Morgan fingerprint density at radius 2 is 1.73 bits per heavy atom. The fourth-order valence-electron chi connectivity index (χ4n) is 2.68. The molecule has 0 radical (unpaired) electrons. The number of carbonyl (C=O) groups excluding carboxylic acids is 2. The minimum absolute atomic E-state index is 0.283. The molecular weight excluding hydrogens is 402 g/mol. The van der Waals surface area contributed by atoms with Gasteiger partial charge in [0.2, 0.25) is 5.91 Å². The van der Waals surface area contributed by atoms with Crippen LogP contribution in [-0.4, -0.2) is 11.9 Å². The second kappa shape index (κ2) is 10.3. The molecule has 0 saturated heterocycles. The Morgan fingerprint density at radius 1 is 0.967 bits per heavy atom. The molecule has 0 unspecified atom stereocenters. The summed E-state index contributed by atoms with van der Waals surface area (Å²) in [6.07, 6.45) is 3.06. The lowest BCUT2D eigenvalue weighted by molar-refractivity contribution is -0.131. The van der Waals surface area contributed by atoms with Gasteiger partial charge in [-0.15, -0.1) is 0 Å². The maximum Gasteiger partial charge on any atom is 0.308 e. The van der Waals surface area contributed by atoms with Gasteiger partial charge in [0, 0.05) is 29.3 Å². The van der Waals surface area contributed by atoms with E-state index in [1.54, 1.807) is 36.4 Å². The van der Waals surface area contributed by atoms with Gasteiger partial charge in [-0.2, -0.15) is 0 Å². The maximum absolute atomic E-state index is 12.4. The van der Waals surface area contributed by atoms with Crippen LogP contribution in [0.5, 0.6) is 11.5 Å². The van der Waals surface area contributed by atoms with Crippen molar-refractivity contribution in [3.63, 3.8) is 0 Å². The molecule has 3 aromatic carbocycles. The third-order valence-electron chi connectivity index (χ3n) is 4.01. The summed E-state index contributed by atoms with van der Waals surface area (Å²) in [5.41, 5.74) is 2.22. The predicted octanol–water partition coefficient (Wildman–Crippen LogP) is 5.50. The molecule has 1 N–H and O–H groups in total. The van der Waals surface area contributed by atoms with E-state index in [9.17, 15) is 9.59 Å². The number of anilines is 1. The molecule has 3 aromatic rings. The van der Waals surface area contributed by atoms with Crippen LogP contribution in [0.3, 0.4) is 0 Å². The van der Waals surface area contributed by atoms with Gasteiger partial charge in [-0.05, 0) is 48.0 Å². The van der Waals surface area contributed by atoms with Gasteiger partial charge in [-0.1, -0.05) is 48.0 Å². The van der Waals surface area contributed by atoms with Crippen LogP contribution in [-0.2, 0) is 16.2 Å². The number of hydrogen-bond donors (Lipinski definition) is 1. The number of halogens is 1. The van der Waals surface area contributed by atoms with Crippen molar-refractivity contribution in [2.75, 3.05) is 5.32 Å². The van der Waals surface area contributed by atoms with Crippen molar-refractivity contribution in [3.8, 4) is 11.5 Å². The van der Waals surface area contributed by atoms with Gasteiger partial charge >= 0.3 is 5.97 Å². The average Bonchev–Trinajstić information content (AvgIpc) is 2.71. The number of rotatable bonds is 7. The number of amides is 1. The topological polar surface area (TPSA) is 64.6 Å².